The highest BCUT2D eigenvalue weighted by atomic mass is 35.5. The Morgan fingerprint density at radius 2 is 2.02 bits per heavy atom. The first-order valence-electron chi connectivity index (χ1n) is 13.3. The molecule has 1 spiro atoms. The van der Waals surface area contributed by atoms with Gasteiger partial charge in [-0.05, 0) is 31.8 Å². The molecule has 9 nitrogen and oxygen atoms in total. The predicted molar refractivity (Wildman–Crippen MR) is 158 cm³/mol. The first kappa shape index (κ1) is 26.6. The quantitative estimate of drug-likeness (QED) is 0.364. The third-order valence-electron chi connectivity index (χ3n) is 8.37. The van der Waals surface area contributed by atoms with Crippen LogP contribution in [0, 0.1) is 23.0 Å². The normalized spacial score (nSPS) is 18.8. The van der Waals surface area contributed by atoms with E-state index in [-0.39, 0.29) is 42.4 Å². The summed E-state index contributed by atoms with van der Waals surface area (Å²) in [6.45, 7) is 4.62. The van der Waals surface area contributed by atoms with E-state index in [0.29, 0.717) is 48.5 Å². The van der Waals surface area contributed by atoms with Crippen LogP contribution in [0.3, 0.4) is 0 Å². The molecule has 13 heteroatoms. The molecule has 212 valence electrons. The summed E-state index contributed by atoms with van der Waals surface area (Å²) in [4.78, 5) is 16.0. The maximum Gasteiger partial charge on any atom is 0.228 e. The monoisotopic (exact) mass is 596 g/mol. The van der Waals surface area contributed by atoms with Gasteiger partial charge in [-0.15, -0.1) is 11.3 Å². The molecule has 3 saturated heterocycles. The van der Waals surface area contributed by atoms with Gasteiger partial charge >= 0.3 is 0 Å². The van der Waals surface area contributed by atoms with Crippen LogP contribution in [0.15, 0.2) is 18.2 Å². The van der Waals surface area contributed by atoms with Crippen molar-refractivity contribution in [3.63, 3.8) is 0 Å². The summed E-state index contributed by atoms with van der Waals surface area (Å²) in [5.41, 5.74) is 6.29. The zero-order chi connectivity index (χ0) is 28.6. The number of rotatable bonds is 4. The van der Waals surface area contributed by atoms with Gasteiger partial charge < -0.3 is 30.5 Å². The van der Waals surface area contributed by atoms with Gasteiger partial charge in [-0.3, -0.25) is 0 Å². The molecular weight excluding hydrogens is 570 g/mol. The van der Waals surface area contributed by atoms with Gasteiger partial charge in [-0.1, -0.05) is 17.7 Å². The first-order valence-corrected chi connectivity index (χ1v) is 14.5. The van der Waals surface area contributed by atoms with Crippen molar-refractivity contribution in [1.82, 2.24) is 20.2 Å². The van der Waals surface area contributed by atoms with Crippen molar-refractivity contribution < 1.29 is 13.5 Å². The summed E-state index contributed by atoms with van der Waals surface area (Å²) < 4.78 is 37.8. The number of nitrogens with zero attached hydrogens (tertiary/aromatic N) is 6. The van der Waals surface area contributed by atoms with Gasteiger partial charge in [0.2, 0.25) is 5.95 Å². The summed E-state index contributed by atoms with van der Waals surface area (Å²) in [5, 5.41) is 14.1. The van der Waals surface area contributed by atoms with Crippen molar-refractivity contribution in [2.45, 2.75) is 11.6 Å². The number of morpholine rings is 1. The van der Waals surface area contributed by atoms with E-state index in [1.54, 1.807) is 6.07 Å². The lowest BCUT2D eigenvalue weighted by Gasteiger charge is -2.49. The number of likely N-dealkylation sites (N-methyl/N-ethyl adjacent to an activating group) is 1. The van der Waals surface area contributed by atoms with Crippen LogP contribution in [-0.4, -0.2) is 86.5 Å². The molecule has 0 aliphatic carbocycles. The number of nitrogens with two attached hydrogens (primary N) is 1. The van der Waals surface area contributed by atoms with Crippen LogP contribution in [0.2, 0.25) is 5.02 Å². The second-order valence-electron chi connectivity index (χ2n) is 11.1. The number of nitriles is 1. The molecule has 3 fully saturated rings. The highest BCUT2D eigenvalue weighted by Gasteiger charge is 2.43. The van der Waals surface area contributed by atoms with E-state index in [4.69, 9.17) is 32.0 Å². The maximum atomic E-state index is 16.8. The fourth-order valence-electron chi connectivity index (χ4n) is 5.90. The molecule has 41 heavy (non-hydrogen) atoms. The van der Waals surface area contributed by atoms with Gasteiger partial charge in [-0.25, -0.2) is 13.8 Å². The predicted octanol–water partition coefficient (Wildman–Crippen LogP) is 3.83. The summed E-state index contributed by atoms with van der Waals surface area (Å²) in [6, 6.07) is 6.75. The molecule has 0 atom stereocenters. The number of fused-ring (bicyclic) bond motifs is 2. The second kappa shape index (κ2) is 9.61. The summed E-state index contributed by atoms with van der Waals surface area (Å²) in [7, 11) is 4.05. The second-order valence-corrected chi connectivity index (χ2v) is 12.6. The highest BCUT2D eigenvalue weighted by Crippen LogP contribution is 2.46. The van der Waals surface area contributed by atoms with Gasteiger partial charge in [0.1, 0.15) is 33.8 Å². The minimum atomic E-state index is -0.656. The fraction of sp³-hybridized carbons (Fsp3) is 0.393. The highest BCUT2D eigenvalue weighted by molar-refractivity contribution is 7.23. The number of hydrogen-bond acceptors (Lipinski definition) is 10. The zero-order valence-corrected chi connectivity index (χ0v) is 24.0. The standard InChI is InChI=1S/C28H27ClF2N8OS/c1-37(2)14-9-39(10-14)27-35-23-16(26(36-27)38-5-6-40-28(13-38)11-34-12-28)7-18(29)21(22(23)31)15-3-4-19(30)24-20(15)17(8-32)25(33)41-24/h3-4,7,14,34H,5-6,9-13,33H2,1-2H3. The van der Waals surface area contributed by atoms with Crippen LogP contribution in [0.25, 0.3) is 32.1 Å². The number of anilines is 3. The third kappa shape index (κ3) is 4.10. The average molecular weight is 597 g/mol. The van der Waals surface area contributed by atoms with E-state index in [0.717, 1.165) is 37.5 Å². The molecule has 2 aromatic heterocycles. The van der Waals surface area contributed by atoms with Crippen molar-refractivity contribution >= 4 is 60.7 Å². The molecule has 7 rings (SSSR count). The molecule has 3 aliphatic heterocycles. The van der Waals surface area contributed by atoms with Crippen LogP contribution in [-0.2, 0) is 4.74 Å². The van der Waals surface area contributed by atoms with Crippen LogP contribution >= 0.6 is 22.9 Å². The largest absolute Gasteiger partial charge is 0.389 e. The van der Waals surface area contributed by atoms with Gasteiger partial charge in [0, 0.05) is 55.1 Å². The molecule has 0 radical (unpaired) electrons. The minimum absolute atomic E-state index is 0.0467. The van der Waals surface area contributed by atoms with E-state index in [1.807, 2.05) is 25.1 Å². The van der Waals surface area contributed by atoms with Gasteiger partial charge in [0.05, 0.1) is 28.4 Å². The minimum Gasteiger partial charge on any atom is -0.389 e. The third-order valence-corrected chi connectivity index (χ3v) is 9.69. The van der Waals surface area contributed by atoms with Crippen LogP contribution < -0.4 is 20.9 Å². The lowest BCUT2D eigenvalue weighted by molar-refractivity contribution is -0.0882. The number of ether oxygens (including phenoxy) is 1. The Morgan fingerprint density at radius 1 is 1.24 bits per heavy atom. The SMILES string of the molecule is CN(C)C1CN(c2nc(N3CCOC4(CNC4)C3)c3cc(Cl)c(-c4ccc(F)c5sc(N)c(C#N)c45)c(F)c3n2)C1. The number of nitrogens with one attached hydrogen (secondary N) is 1. The number of benzene rings is 2. The van der Waals surface area contributed by atoms with Crippen molar-refractivity contribution in [3.8, 4) is 17.2 Å². The summed E-state index contributed by atoms with van der Waals surface area (Å²) in [6.07, 6.45) is 0. The van der Waals surface area contributed by atoms with E-state index >= 15 is 4.39 Å². The summed E-state index contributed by atoms with van der Waals surface area (Å²) >= 11 is 7.77. The van der Waals surface area contributed by atoms with E-state index in [1.165, 1.54) is 12.1 Å². The van der Waals surface area contributed by atoms with Gasteiger partial charge in [-0.2, -0.15) is 10.2 Å². The van der Waals surface area contributed by atoms with Crippen molar-refractivity contribution in [2.75, 3.05) is 75.5 Å². The Morgan fingerprint density at radius 3 is 2.71 bits per heavy atom. The number of hydrogen-bond donors (Lipinski definition) is 2. The molecule has 3 aliphatic rings. The number of nitrogen functional groups attached to an aromatic ring is 1. The van der Waals surface area contributed by atoms with Crippen molar-refractivity contribution in [3.05, 3.63) is 40.4 Å². The zero-order valence-electron chi connectivity index (χ0n) is 22.5. The molecule has 4 aromatic rings. The molecule has 2 aromatic carbocycles. The lowest BCUT2D eigenvalue weighted by atomic mass is 9.94. The molecule has 0 saturated carbocycles. The van der Waals surface area contributed by atoms with E-state index < -0.39 is 11.6 Å². The number of aromatic nitrogens is 2. The molecule has 0 unspecified atom stereocenters. The lowest BCUT2D eigenvalue weighted by Crippen LogP contribution is -2.69. The molecule has 3 N–H and O–H groups in total. The van der Waals surface area contributed by atoms with Crippen molar-refractivity contribution in [1.29, 1.82) is 5.26 Å². The molecular formula is C28H27ClF2N8OS. The summed E-state index contributed by atoms with van der Waals surface area (Å²) in [5.74, 6) is -0.156. The van der Waals surface area contributed by atoms with Gasteiger partial charge in [0.25, 0.3) is 0 Å². The smallest absolute Gasteiger partial charge is 0.228 e. The van der Waals surface area contributed by atoms with Crippen LogP contribution in [0.5, 0.6) is 0 Å². The Hall–Kier alpha value is -3.34. The number of halogens is 3. The van der Waals surface area contributed by atoms with Gasteiger partial charge in [0.15, 0.2) is 5.82 Å². The Kier molecular flexibility index (Phi) is 6.22. The van der Waals surface area contributed by atoms with E-state index in [9.17, 15) is 9.65 Å². The van der Waals surface area contributed by atoms with Crippen molar-refractivity contribution in [2.24, 2.45) is 0 Å². The Labute approximate surface area is 244 Å². The van der Waals surface area contributed by atoms with Crippen LogP contribution in [0.1, 0.15) is 5.56 Å². The van der Waals surface area contributed by atoms with E-state index in [2.05, 4.69) is 15.1 Å². The molecule has 0 bridgehead atoms. The Balaban J connectivity index is 1.44. The maximum absolute atomic E-state index is 16.8. The molecule has 0 amide bonds. The molecule has 5 heterocycles. The first-order chi connectivity index (χ1) is 19.7. The Bertz CT molecular complexity index is 1760. The fourth-order valence-corrected chi connectivity index (χ4v) is 7.14. The average Bonchev–Trinajstić information content (AvgIpc) is 3.25. The topological polar surface area (TPSA) is 107 Å². The van der Waals surface area contributed by atoms with Crippen LogP contribution in [0.4, 0.5) is 25.5 Å². The number of thiophene rings is 1.